The van der Waals surface area contributed by atoms with Gasteiger partial charge in [-0.1, -0.05) is 26.0 Å². The van der Waals surface area contributed by atoms with E-state index in [1.165, 1.54) is 6.07 Å². The molecule has 0 radical (unpaired) electrons. The van der Waals surface area contributed by atoms with E-state index in [0.29, 0.717) is 12.6 Å². The van der Waals surface area contributed by atoms with Crippen molar-refractivity contribution in [2.24, 2.45) is 10.9 Å². The van der Waals surface area contributed by atoms with Crippen LogP contribution in [0.5, 0.6) is 0 Å². The summed E-state index contributed by atoms with van der Waals surface area (Å²) in [7, 11) is 0. The van der Waals surface area contributed by atoms with Gasteiger partial charge in [0.25, 0.3) is 0 Å². The largest absolute Gasteiger partial charge is 0.357 e. The number of likely N-dealkylation sites (tertiary alicyclic amines) is 1. The fraction of sp³-hybridized carbons (Fsp3) is 0.636. The van der Waals surface area contributed by atoms with Crippen LogP contribution < -0.4 is 10.6 Å². The first-order valence-corrected chi connectivity index (χ1v) is 10.5. The van der Waals surface area contributed by atoms with Gasteiger partial charge in [0.05, 0.1) is 6.54 Å². The van der Waals surface area contributed by atoms with E-state index in [-0.39, 0.29) is 23.1 Å². The molecule has 0 aromatic heterocycles. The van der Waals surface area contributed by atoms with Gasteiger partial charge >= 0.3 is 0 Å². The maximum absolute atomic E-state index is 13.6. The Balaban J connectivity index is 1.57. The van der Waals surface area contributed by atoms with Crippen molar-refractivity contribution in [3.63, 3.8) is 0 Å². The summed E-state index contributed by atoms with van der Waals surface area (Å²) < 4.78 is 13.6. The number of guanidine groups is 1. The van der Waals surface area contributed by atoms with Gasteiger partial charge in [-0.25, -0.2) is 4.39 Å². The van der Waals surface area contributed by atoms with Gasteiger partial charge in [-0.15, -0.1) is 0 Å². The van der Waals surface area contributed by atoms with Gasteiger partial charge in [-0.3, -0.25) is 9.79 Å². The highest BCUT2D eigenvalue weighted by Gasteiger charge is 2.44. The van der Waals surface area contributed by atoms with Crippen LogP contribution in [0.3, 0.4) is 0 Å². The highest BCUT2D eigenvalue weighted by molar-refractivity contribution is 5.80. The van der Waals surface area contributed by atoms with E-state index in [1.807, 2.05) is 24.8 Å². The summed E-state index contributed by atoms with van der Waals surface area (Å²) in [6.45, 7) is 9.01. The van der Waals surface area contributed by atoms with Crippen molar-refractivity contribution in [2.75, 3.05) is 26.2 Å². The molecule has 2 fully saturated rings. The first-order chi connectivity index (χ1) is 13.4. The maximum Gasteiger partial charge on any atom is 0.225 e. The Morgan fingerprint density at radius 2 is 2.04 bits per heavy atom. The molecule has 1 aliphatic heterocycles. The van der Waals surface area contributed by atoms with Gasteiger partial charge < -0.3 is 15.5 Å². The van der Waals surface area contributed by atoms with Crippen molar-refractivity contribution in [1.82, 2.24) is 15.5 Å². The molecule has 1 amide bonds. The fourth-order valence-corrected chi connectivity index (χ4v) is 3.86. The number of carbonyl (C=O) groups is 1. The second-order valence-electron chi connectivity index (χ2n) is 8.38. The number of halogens is 1. The molecule has 1 heterocycles. The van der Waals surface area contributed by atoms with Crippen LogP contribution in [-0.2, 0) is 10.2 Å². The zero-order valence-electron chi connectivity index (χ0n) is 17.3. The van der Waals surface area contributed by atoms with Crippen molar-refractivity contribution in [2.45, 2.75) is 57.9 Å². The van der Waals surface area contributed by atoms with Crippen LogP contribution in [0.2, 0.25) is 0 Å². The molecule has 1 aliphatic carbocycles. The Morgan fingerprint density at radius 1 is 1.32 bits per heavy atom. The quantitative estimate of drug-likeness (QED) is 0.582. The Bertz CT molecular complexity index is 706. The first kappa shape index (κ1) is 20.6. The van der Waals surface area contributed by atoms with Crippen LogP contribution >= 0.6 is 0 Å². The second-order valence-corrected chi connectivity index (χ2v) is 8.38. The molecule has 1 aromatic rings. The standard InChI is InChI=1S/C22H33FN4O/c1-4-24-21(26-19-8-12-27(13-9-19)20(28)16(2)3)25-15-22(10-11-22)17-6-5-7-18(23)14-17/h5-7,14,16,19H,4,8-13,15H2,1-3H3,(H2,24,25,26). The molecular weight excluding hydrogens is 355 g/mol. The molecule has 0 unspecified atom stereocenters. The number of aliphatic imine (C=N–C) groups is 1. The molecule has 1 saturated heterocycles. The molecule has 1 saturated carbocycles. The summed E-state index contributed by atoms with van der Waals surface area (Å²) in [4.78, 5) is 18.9. The number of hydrogen-bond acceptors (Lipinski definition) is 2. The highest BCUT2D eigenvalue weighted by Crippen LogP contribution is 2.48. The lowest BCUT2D eigenvalue weighted by Crippen LogP contribution is -2.50. The van der Waals surface area contributed by atoms with Crippen molar-refractivity contribution >= 4 is 11.9 Å². The number of piperidine rings is 1. The normalized spacial score (nSPS) is 19.6. The van der Waals surface area contributed by atoms with E-state index in [1.54, 1.807) is 12.1 Å². The summed E-state index contributed by atoms with van der Waals surface area (Å²) in [6, 6.07) is 7.24. The van der Waals surface area contributed by atoms with Crippen molar-refractivity contribution in [1.29, 1.82) is 0 Å². The van der Waals surface area contributed by atoms with E-state index < -0.39 is 0 Å². The molecule has 5 nitrogen and oxygen atoms in total. The summed E-state index contributed by atoms with van der Waals surface area (Å²) in [5, 5.41) is 6.87. The minimum atomic E-state index is -0.180. The summed E-state index contributed by atoms with van der Waals surface area (Å²) in [6.07, 6.45) is 3.96. The molecule has 6 heteroatoms. The molecule has 0 spiro atoms. The van der Waals surface area contributed by atoms with Crippen LogP contribution in [-0.4, -0.2) is 49.0 Å². The number of carbonyl (C=O) groups excluding carboxylic acids is 1. The van der Waals surface area contributed by atoms with Gasteiger partial charge in [-0.05, 0) is 50.3 Å². The maximum atomic E-state index is 13.6. The number of hydrogen-bond donors (Lipinski definition) is 2. The first-order valence-electron chi connectivity index (χ1n) is 10.5. The van der Waals surface area contributed by atoms with Crippen LogP contribution in [0.15, 0.2) is 29.3 Å². The van der Waals surface area contributed by atoms with Crippen LogP contribution in [0, 0.1) is 11.7 Å². The van der Waals surface area contributed by atoms with Crippen LogP contribution in [0.4, 0.5) is 4.39 Å². The Labute approximate surface area is 167 Å². The Morgan fingerprint density at radius 3 is 2.61 bits per heavy atom. The second kappa shape index (κ2) is 8.93. The number of benzene rings is 1. The van der Waals surface area contributed by atoms with E-state index in [2.05, 4.69) is 17.6 Å². The predicted octanol–water partition coefficient (Wildman–Crippen LogP) is 3.06. The van der Waals surface area contributed by atoms with Gasteiger partial charge in [0.2, 0.25) is 5.91 Å². The lowest BCUT2D eigenvalue weighted by Gasteiger charge is -2.34. The molecule has 0 atom stereocenters. The van der Waals surface area contributed by atoms with Gasteiger partial charge in [0.15, 0.2) is 5.96 Å². The molecule has 154 valence electrons. The van der Waals surface area contributed by atoms with E-state index in [4.69, 9.17) is 4.99 Å². The summed E-state index contributed by atoms with van der Waals surface area (Å²) in [5.74, 6) is 0.935. The van der Waals surface area contributed by atoms with E-state index >= 15 is 0 Å². The Hall–Kier alpha value is -2.11. The predicted molar refractivity (Wildman–Crippen MR) is 111 cm³/mol. The van der Waals surface area contributed by atoms with E-state index in [9.17, 15) is 9.18 Å². The smallest absolute Gasteiger partial charge is 0.225 e. The molecule has 2 aliphatic rings. The highest BCUT2D eigenvalue weighted by atomic mass is 19.1. The monoisotopic (exact) mass is 388 g/mol. The lowest BCUT2D eigenvalue weighted by atomic mass is 9.96. The molecular formula is C22H33FN4O. The SMILES string of the molecule is CCNC(=NCC1(c2cccc(F)c2)CC1)NC1CCN(C(=O)C(C)C)CC1. The Kier molecular flexibility index (Phi) is 6.57. The molecule has 3 rings (SSSR count). The molecule has 2 N–H and O–H groups in total. The van der Waals surface area contributed by atoms with Crippen molar-refractivity contribution in [3.05, 3.63) is 35.6 Å². The number of rotatable bonds is 6. The zero-order valence-corrected chi connectivity index (χ0v) is 17.3. The van der Waals surface area contributed by atoms with Gasteiger partial charge in [0, 0.05) is 37.0 Å². The van der Waals surface area contributed by atoms with Crippen molar-refractivity contribution in [3.8, 4) is 0 Å². The molecule has 1 aromatic carbocycles. The average Bonchev–Trinajstić information content (AvgIpc) is 3.47. The number of nitrogens with one attached hydrogen (secondary N) is 2. The van der Waals surface area contributed by atoms with Crippen molar-refractivity contribution < 1.29 is 9.18 Å². The van der Waals surface area contributed by atoms with Crippen LogP contribution in [0.1, 0.15) is 52.0 Å². The summed E-state index contributed by atoms with van der Waals surface area (Å²) in [5.41, 5.74) is 1.03. The van der Waals surface area contributed by atoms with E-state index in [0.717, 1.165) is 56.8 Å². The third kappa shape index (κ3) is 5.03. The third-order valence-corrected chi connectivity index (χ3v) is 5.82. The molecule has 0 bridgehead atoms. The fourth-order valence-electron chi connectivity index (χ4n) is 3.86. The zero-order chi connectivity index (χ0) is 20.1. The summed E-state index contributed by atoms with van der Waals surface area (Å²) >= 11 is 0. The number of amides is 1. The topological polar surface area (TPSA) is 56.7 Å². The lowest BCUT2D eigenvalue weighted by molar-refractivity contribution is -0.135. The third-order valence-electron chi connectivity index (χ3n) is 5.82. The van der Waals surface area contributed by atoms with Gasteiger partial charge in [0.1, 0.15) is 5.82 Å². The minimum Gasteiger partial charge on any atom is -0.357 e. The molecule has 28 heavy (non-hydrogen) atoms. The minimum absolute atomic E-state index is 0.0164. The van der Waals surface area contributed by atoms with Gasteiger partial charge in [-0.2, -0.15) is 0 Å². The van der Waals surface area contributed by atoms with Crippen LogP contribution in [0.25, 0.3) is 0 Å². The average molecular weight is 389 g/mol. The number of nitrogens with zero attached hydrogens (tertiary/aromatic N) is 2.